The molecule has 0 saturated carbocycles. The van der Waals surface area contributed by atoms with Crippen molar-refractivity contribution in [2.24, 2.45) is 0 Å². The summed E-state index contributed by atoms with van der Waals surface area (Å²) in [5, 5.41) is 4.21. The average Bonchev–Trinajstić information content (AvgIpc) is 2.45. The van der Waals surface area contributed by atoms with Crippen molar-refractivity contribution in [3.8, 4) is 0 Å². The Balaban J connectivity index is 1.98. The summed E-state index contributed by atoms with van der Waals surface area (Å²) in [6, 6.07) is 15.7. The van der Waals surface area contributed by atoms with Crippen molar-refractivity contribution < 1.29 is 4.79 Å². The van der Waals surface area contributed by atoms with Gasteiger partial charge in [-0.05, 0) is 31.0 Å². The lowest BCUT2D eigenvalue weighted by molar-refractivity contribution is 0.101. The Morgan fingerprint density at radius 3 is 2.40 bits per heavy atom. The first kappa shape index (κ1) is 14.8. The van der Waals surface area contributed by atoms with Crippen LogP contribution in [0.25, 0.3) is 0 Å². The molecule has 20 heavy (non-hydrogen) atoms. The van der Waals surface area contributed by atoms with Gasteiger partial charge in [0.1, 0.15) is 0 Å². The van der Waals surface area contributed by atoms with E-state index in [-0.39, 0.29) is 11.8 Å². The van der Waals surface area contributed by atoms with Gasteiger partial charge in [-0.2, -0.15) is 0 Å². The molecule has 1 atom stereocenters. The third kappa shape index (κ3) is 3.69. The maximum Gasteiger partial charge on any atom is 0.159 e. The van der Waals surface area contributed by atoms with Crippen LogP contribution in [-0.2, 0) is 6.54 Å². The molecule has 1 N–H and O–H groups in total. The Kier molecular flexibility index (Phi) is 4.94. The molecule has 0 bridgehead atoms. The first-order valence-corrected chi connectivity index (χ1v) is 7.03. The van der Waals surface area contributed by atoms with Gasteiger partial charge in [0.05, 0.1) is 0 Å². The topological polar surface area (TPSA) is 29.1 Å². The number of Topliss-reactive ketones (excluding diaryl/α,β-unsaturated/α-hetero) is 1. The summed E-state index contributed by atoms with van der Waals surface area (Å²) in [5.74, 6) is 0.0916. The smallest absolute Gasteiger partial charge is 0.159 e. The molecule has 0 aliphatic rings. The number of carbonyl (C=O) groups excluding carboxylic acids is 1. The fourth-order valence-electron chi connectivity index (χ4n) is 2.06. The summed E-state index contributed by atoms with van der Waals surface area (Å²) < 4.78 is 0. The minimum Gasteiger partial charge on any atom is -0.306 e. The molecule has 0 fully saturated rings. The molecular weight excluding hydrogens is 270 g/mol. The van der Waals surface area contributed by atoms with E-state index >= 15 is 0 Å². The first-order chi connectivity index (χ1) is 9.58. The van der Waals surface area contributed by atoms with E-state index < -0.39 is 0 Å². The number of ketones is 1. The van der Waals surface area contributed by atoms with Gasteiger partial charge in [-0.3, -0.25) is 4.79 Å². The van der Waals surface area contributed by atoms with Crippen molar-refractivity contribution in [1.29, 1.82) is 0 Å². The normalized spacial score (nSPS) is 12.2. The van der Waals surface area contributed by atoms with Crippen LogP contribution in [0.1, 0.15) is 41.4 Å². The Bertz CT molecular complexity index is 592. The predicted octanol–water partition coefficient (Wildman–Crippen LogP) is 4.39. The van der Waals surface area contributed by atoms with Gasteiger partial charge < -0.3 is 5.32 Å². The molecule has 2 aromatic rings. The van der Waals surface area contributed by atoms with Crippen LogP contribution in [0.4, 0.5) is 0 Å². The number of nitrogens with one attached hydrogen (secondary N) is 1. The highest BCUT2D eigenvalue weighted by Gasteiger charge is 2.08. The minimum absolute atomic E-state index is 0.0916. The summed E-state index contributed by atoms with van der Waals surface area (Å²) >= 11 is 6.18. The summed E-state index contributed by atoms with van der Waals surface area (Å²) in [4.78, 5) is 11.2. The standard InChI is InChI=1S/C17H18ClNO/c1-12(16-5-3-4-6-17(16)18)19-11-14-7-9-15(10-8-14)13(2)20/h3-10,12,19H,11H2,1-2H3/t12-/m1/s1. The minimum atomic E-state index is 0.0916. The highest BCUT2D eigenvalue weighted by atomic mass is 35.5. The summed E-state index contributed by atoms with van der Waals surface area (Å²) in [7, 11) is 0. The van der Waals surface area contributed by atoms with Crippen LogP contribution < -0.4 is 5.32 Å². The van der Waals surface area contributed by atoms with Crippen LogP contribution in [0.15, 0.2) is 48.5 Å². The van der Waals surface area contributed by atoms with Crippen molar-refractivity contribution in [2.45, 2.75) is 26.4 Å². The predicted molar refractivity (Wildman–Crippen MR) is 83.2 cm³/mol. The molecule has 3 heteroatoms. The molecular formula is C17H18ClNO. The molecule has 0 unspecified atom stereocenters. The van der Waals surface area contributed by atoms with Gasteiger partial charge in [-0.1, -0.05) is 54.1 Å². The summed E-state index contributed by atoms with van der Waals surface area (Å²) in [5.41, 5.74) is 2.98. The Labute approximate surface area is 124 Å². The van der Waals surface area contributed by atoms with E-state index in [0.717, 1.165) is 28.3 Å². The Hall–Kier alpha value is -1.64. The zero-order chi connectivity index (χ0) is 14.5. The van der Waals surface area contributed by atoms with Crippen molar-refractivity contribution >= 4 is 17.4 Å². The van der Waals surface area contributed by atoms with Gasteiger partial charge in [0.25, 0.3) is 0 Å². The molecule has 0 amide bonds. The van der Waals surface area contributed by atoms with E-state index in [1.165, 1.54) is 0 Å². The number of hydrogen-bond donors (Lipinski definition) is 1. The molecule has 2 rings (SSSR count). The second kappa shape index (κ2) is 6.69. The van der Waals surface area contributed by atoms with E-state index in [2.05, 4.69) is 12.2 Å². The van der Waals surface area contributed by atoms with Crippen molar-refractivity contribution in [3.05, 3.63) is 70.2 Å². The third-order valence-electron chi connectivity index (χ3n) is 3.34. The second-order valence-electron chi connectivity index (χ2n) is 4.88. The average molecular weight is 288 g/mol. The van der Waals surface area contributed by atoms with E-state index in [1.54, 1.807) is 6.92 Å². The fraction of sp³-hybridized carbons (Fsp3) is 0.235. The molecule has 0 aliphatic carbocycles. The number of halogens is 1. The summed E-state index contributed by atoms with van der Waals surface area (Å²) in [6.07, 6.45) is 0. The largest absolute Gasteiger partial charge is 0.306 e. The fourth-order valence-corrected chi connectivity index (χ4v) is 2.36. The van der Waals surface area contributed by atoms with Crippen molar-refractivity contribution in [1.82, 2.24) is 5.32 Å². The van der Waals surface area contributed by atoms with Gasteiger partial charge in [-0.25, -0.2) is 0 Å². The van der Waals surface area contributed by atoms with Crippen LogP contribution in [0.5, 0.6) is 0 Å². The Morgan fingerprint density at radius 1 is 1.15 bits per heavy atom. The highest BCUT2D eigenvalue weighted by molar-refractivity contribution is 6.31. The van der Waals surface area contributed by atoms with Gasteiger partial charge in [-0.15, -0.1) is 0 Å². The van der Waals surface area contributed by atoms with Crippen molar-refractivity contribution in [3.63, 3.8) is 0 Å². The molecule has 0 aromatic heterocycles. The molecule has 0 saturated heterocycles. The van der Waals surface area contributed by atoms with Crippen LogP contribution in [0, 0.1) is 0 Å². The number of benzene rings is 2. The van der Waals surface area contributed by atoms with Gasteiger partial charge in [0.2, 0.25) is 0 Å². The van der Waals surface area contributed by atoms with Gasteiger partial charge >= 0.3 is 0 Å². The number of carbonyl (C=O) groups is 1. The third-order valence-corrected chi connectivity index (χ3v) is 3.69. The zero-order valence-corrected chi connectivity index (χ0v) is 12.4. The van der Waals surface area contributed by atoms with Crippen LogP contribution >= 0.6 is 11.6 Å². The molecule has 104 valence electrons. The van der Waals surface area contributed by atoms with Crippen LogP contribution in [-0.4, -0.2) is 5.78 Å². The van der Waals surface area contributed by atoms with E-state index in [4.69, 9.17) is 11.6 Å². The maximum absolute atomic E-state index is 11.2. The second-order valence-corrected chi connectivity index (χ2v) is 5.28. The molecule has 0 spiro atoms. The first-order valence-electron chi connectivity index (χ1n) is 6.65. The number of rotatable bonds is 5. The Morgan fingerprint density at radius 2 is 1.80 bits per heavy atom. The maximum atomic E-state index is 11.2. The zero-order valence-electron chi connectivity index (χ0n) is 11.7. The molecule has 0 aliphatic heterocycles. The van der Waals surface area contributed by atoms with E-state index in [1.807, 2.05) is 48.5 Å². The molecule has 0 radical (unpaired) electrons. The van der Waals surface area contributed by atoms with E-state index in [0.29, 0.717) is 0 Å². The lowest BCUT2D eigenvalue weighted by Crippen LogP contribution is -2.18. The molecule has 0 heterocycles. The van der Waals surface area contributed by atoms with E-state index in [9.17, 15) is 4.79 Å². The van der Waals surface area contributed by atoms with Crippen molar-refractivity contribution in [2.75, 3.05) is 0 Å². The van der Waals surface area contributed by atoms with Gasteiger partial charge in [0.15, 0.2) is 5.78 Å². The lowest BCUT2D eigenvalue weighted by atomic mass is 10.1. The highest BCUT2D eigenvalue weighted by Crippen LogP contribution is 2.22. The van der Waals surface area contributed by atoms with Crippen LogP contribution in [0.3, 0.4) is 0 Å². The van der Waals surface area contributed by atoms with Gasteiger partial charge in [0, 0.05) is 23.2 Å². The lowest BCUT2D eigenvalue weighted by Gasteiger charge is -2.15. The van der Waals surface area contributed by atoms with Crippen LogP contribution in [0.2, 0.25) is 5.02 Å². The monoisotopic (exact) mass is 287 g/mol. The SMILES string of the molecule is CC(=O)c1ccc(CN[C@H](C)c2ccccc2Cl)cc1. The summed E-state index contributed by atoms with van der Waals surface area (Å²) in [6.45, 7) is 4.41. The number of hydrogen-bond acceptors (Lipinski definition) is 2. The molecule has 2 nitrogen and oxygen atoms in total. The quantitative estimate of drug-likeness (QED) is 0.826. The molecule has 2 aromatic carbocycles.